The highest BCUT2D eigenvalue weighted by Gasteiger charge is 2.29. The van der Waals surface area contributed by atoms with Crippen molar-refractivity contribution in [1.29, 1.82) is 5.26 Å². The van der Waals surface area contributed by atoms with Crippen molar-refractivity contribution < 1.29 is 30.0 Å². The zero-order valence-corrected chi connectivity index (χ0v) is 11.5. The van der Waals surface area contributed by atoms with Crippen LogP contribution in [0, 0.1) is 17.2 Å². The van der Waals surface area contributed by atoms with Crippen LogP contribution in [0.15, 0.2) is 0 Å². The van der Waals surface area contributed by atoms with Crippen molar-refractivity contribution in [3.05, 3.63) is 0 Å². The maximum absolute atomic E-state index is 9.77. The number of hydrogen-bond acceptors (Lipinski definition) is 7. The van der Waals surface area contributed by atoms with Gasteiger partial charge in [-0.2, -0.15) is 5.26 Å². The molecule has 1 rings (SSSR count). The number of hydrazine groups is 1. The first-order chi connectivity index (χ1) is 9.84. The summed E-state index contributed by atoms with van der Waals surface area (Å²) in [5.74, 6) is 2.44. The summed E-state index contributed by atoms with van der Waals surface area (Å²) in [5, 5.41) is 41.0. The van der Waals surface area contributed by atoms with E-state index in [9.17, 15) is 9.59 Å². The molecule has 0 radical (unpaired) electrons. The molecule has 7 N–H and O–H groups in total. The van der Waals surface area contributed by atoms with Gasteiger partial charge in [0, 0.05) is 6.04 Å². The van der Waals surface area contributed by atoms with Crippen molar-refractivity contribution in [2.75, 3.05) is 0 Å². The van der Waals surface area contributed by atoms with Gasteiger partial charge in [-0.05, 0) is 18.8 Å². The number of hydrogen-bond donors (Lipinski definition) is 6. The number of carboxylic acids is 2. The van der Waals surface area contributed by atoms with E-state index in [0.717, 1.165) is 0 Å². The minimum absolute atomic E-state index is 0.225. The number of nitriles is 1. The molecule has 0 bridgehead atoms. The van der Waals surface area contributed by atoms with Crippen LogP contribution in [0.2, 0.25) is 0 Å². The average Bonchev–Trinajstić information content (AvgIpc) is 2.97. The van der Waals surface area contributed by atoms with Gasteiger partial charge in [-0.1, -0.05) is 12.8 Å². The summed E-state index contributed by atoms with van der Waals surface area (Å²) < 4.78 is 0. The number of carboxylic acid groups (broad SMARTS) is 2. The molecule has 1 aliphatic carbocycles. The van der Waals surface area contributed by atoms with E-state index in [4.69, 9.17) is 31.5 Å². The number of aliphatic hydroxyl groups excluding tert-OH is 2. The number of nitrogens with zero attached hydrogens (tertiary/aromatic N) is 1. The molecule has 21 heavy (non-hydrogen) atoms. The maximum atomic E-state index is 9.77. The lowest BCUT2D eigenvalue weighted by atomic mass is 9.97. The highest BCUT2D eigenvalue weighted by Crippen LogP contribution is 2.28. The zero-order chi connectivity index (χ0) is 16.4. The van der Waals surface area contributed by atoms with Crippen LogP contribution in [0.4, 0.5) is 0 Å². The van der Waals surface area contributed by atoms with Crippen molar-refractivity contribution in [1.82, 2.24) is 5.43 Å². The Morgan fingerprint density at radius 1 is 1.19 bits per heavy atom. The predicted octanol–water partition coefficient (Wildman–Crippen LogP) is -1.20. The molecular formula is C12H21N3O6. The Kier molecular flexibility index (Phi) is 9.23. The molecule has 1 saturated carbocycles. The minimum atomic E-state index is -2.27. The molecule has 1 aliphatic rings. The second kappa shape index (κ2) is 10.1. The SMILES string of the molecule is N#CC[C@@H](NN)C1CCCC1.O=C(O)[C@H](O)[C@@H](O)C(=O)O. The normalized spacial score (nSPS) is 18.8. The van der Waals surface area contributed by atoms with E-state index in [2.05, 4.69) is 11.5 Å². The first kappa shape index (κ1) is 19.3. The first-order valence-electron chi connectivity index (χ1n) is 6.50. The molecule has 120 valence electrons. The van der Waals surface area contributed by atoms with Crippen molar-refractivity contribution >= 4 is 11.9 Å². The lowest BCUT2D eigenvalue weighted by Gasteiger charge is -2.18. The van der Waals surface area contributed by atoms with E-state index in [1.165, 1.54) is 25.7 Å². The third-order valence-electron chi connectivity index (χ3n) is 3.30. The van der Waals surface area contributed by atoms with Crippen LogP contribution in [-0.4, -0.2) is 50.6 Å². The van der Waals surface area contributed by atoms with Gasteiger partial charge in [0.25, 0.3) is 0 Å². The fourth-order valence-electron chi connectivity index (χ4n) is 2.09. The van der Waals surface area contributed by atoms with Crippen LogP contribution in [0.3, 0.4) is 0 Å². The van der Waals surface area contributed by atoms with Gasteiger partial charge in [0.1, 0.15) is 0 Å². The van der Waals surface area contributed by atoms with Gasteiger partial charge >= 0.3 is 11.9 Å². The van der Waals surface area contributed by atoms with Crippen LogP contribution < -0.4 is 11.3 Å². The molecule has 3 atom stereocenters. The van der Waals surface area contributed by atoms with E-state index >= 15 is 0 Å². The molecule has 0 aromatic heterocycles. The van der Waals surface area contributed by atoms with Gasteiger partial charge in [0.15, 0.2) is 12.2 Å². The predicted molar refractivity (Wildman–Crippen MR) is 70.6 cm³/mol. The molecule has 0 spiro atoms. The monoisotopic (exact) mass is 303 g/mol. The number of rotatable bonds is 6. The first-order valence-corrected chi connectivity index (χ1v) is 6.50. The maximum Gasteiger partial charge on any atom is 0.335 e. The Morgan fingerprint density at radius 3 is 1.90 bits per heavy atom. The van der Waals surface area contributed by atoms with E-state index in [1.54, 1.807) is 0 Å². The third-order valence-corrected chi connectivity index (χ3v) is 3.30. The molecule has 0 amide bonds. The summed E-state index contributed by atoms with van der Waals surface area (Å²) in [5.41, 5.74) is 2.72. The van der Waals surface area contributed by atoms with Crippen molar-refractivity contribution in [2.24, 2.45) is 11.8 Å². The molecule has 0 heterocycles. The fraction of sp³-hybridized carbons (Fsp3) is 0.750. The highest BCUT2D eigenvalue weighted by atomic mass is 16.4. The van der Waals surface area contributed by atoms with E-state index < -0.39 is 24.1 Å². The van der Waals surface area contributed by atoms with E-state index in [-0.39, 0.29) is 6.04 Å². The van der Waals surface area contributed by atoms with Crippen LogP contribution in [0.1, 0.15) is 32.1 Å². The zero-order valence-electron chi connectivity index (χ0n) is 11.5. The Balaban J connectivity index is 0.000000384. The number of nitrogens with one attached hydrogen (secondary N) is 1. The van der Waals surface area contributed by atoms with Gasteiger partial charge in [-0.3, -0.25) is 11.3 Å². The molecule has 9 nitrogen and oxygen atoms in total. The second-order valence-electron chi connectivity index (χ2n) is 4.75. The summed E-state index contributed by atoms with van der Waals surface area (Å²) in [4.78, 5) is 19.5. The van der Waals surface area contributed by atoms with Crippen LogP contribution in [0.5, 0.6) is 0 Å². The number of aliphatic hydroxyl groups is 2. The molecule has 0 unspecified atom stereocenters. The molecule has 0 saturated heterocycles. The van der Waals surface area contributed by atoms with Gasteiger partial charge in [-0.25, -0.2) is 9.59 Å². The number of carbonyl (C=O) groups is 2. The fourth-order valence-corrected chi connectivity index (χ4v) is 2.09. The van der Waals surface area contributed by atoms with Crippen LogP contribution in [-0.2, 0) is 9.59 Å². The third kappa shape index (κ3) is 7.01. The van der Waals surface area contributed by atoms with Gasteiger partial charge in [0.05, 0.1) is 12.5 Å². The van der Waals surface area contributed by atoms with Crippen molar-refractivity contribution in [2.45, 2.75) is 50.4 Å². The average molecular weight is 303 g/mol. The molecule has 0 aromatic carbocycles. The lowest BCUT2D eigenvalue weighted by molar-refractivity contribution is -0.165. The van der Waals surface area contributed by atoms with E-state index in [1.807, 2.05) is 0 Å². The Labute approximate surface area is 122 Å². The number of nitrogens with two attached hydrogens (primary N) is 1. The summed E-state index contributed by atoms with van der Waals surface area (Å²) in [6.45, 7) is 0. The summed E-state index contributed by atoms with van der Waals surface area (Å²) in [7, 11) is 0. The Bertz CT molecular complexity index is 360. The topological polar surface area (TPSA) is 177 Å². The Hall–Kier alpha value is -1.73. The quantitative estimate of drug-likeness (QED) is 0.260. The van der Waals surface area contributed by atoms with E-state index in [0.29, 0.717) is 12.3 Å². The summed E-state index contributed by atoms with van der Waals surface area (Å²) in [6.07, 6.45) is 1.08. The van der Waals surface area contributed by atoms with Gasteiger partial charge < -0.3 is 20.4 Å². The largest absolute Gasteiger partial charge is 0.479 e. The second-order valence-corrected chi connectivity index (χ2v) is 4.75. The molecular weight excluding hydrogens is 282 g/mol. The molecule has 1 fully saturated rings. The van der Waals surface area contributed by atoms with Crippen LogP contribution in [0.25, 0.3) is 0 Å². The standard InChI is InChI=1S/C8H15N3.C4H6O6/c9-6-5-8(11-10)7-3-1-2-4-7;5-1(3(7)8)2(6)4(9)10/h7-8,11H,1-5,10H2;1-2,5-6H,(H,7,8)(H,9,10)/t8-;1-,2-/m11/s1. The summed E-state index contributed by atoms with van der Waals surface area (Å²) >= 11 is 0. The van der Waals surface area contributed by atoms with Gasteiger partial charge in [-0.15, -0.1) is 0 Å². The molecule has 0 aromatic rings. The summed E-state index contributed by atoms with van der Waals surface area (Å²) in [6, 6.07) is 2.38. The van der Waals surface area contributed by atoms with Crippen molar-refractivity contribution in [3.8, 4) is 6.07 Å². The molecule has 0 aliphatic heterocycles. The smallest absolute Gasteiger partial charge is 0.335 e. The van der Waals surface area contributed by atoms with Crippen molar-refractivity contribution in [3.63, 3.8) is 0 Å². The lowest BCUT2D eigenvalue weighted by Crippen LogP contribution is -2.39. The Morgan fingerprint density at radius 2 is 1.62 bits per heavy atom. The van der Waals surface area contributed by atoms with Gasteiger partial charge in [0.2, 0.25) is 0 Å². The minimum Gasteiger partial charge on any atom is -0.479 e. The molecule has 9 heteroatoms. The number of aliphatic carboxylic acids is 2. The highest BCUT2D eigenvalue weighted by molar-refractivity contribution is 5.83. The van der Waals surface area contributed by atoms with Crippen LogP contribution >= 0.6 is 0 Å².